The van der Waals surface area contributed by atoms with E-state index in [4.69, 9.17) is 0 Å². The topological polar surface area (TPSA) is 116 Å². The standard InChI is InChI=1S/C39H35BrN4O5/c1-25(8-6-15-36(46)42-23-29-12-3-2-10-27(29)19-32(42)24-45)39(49)34-20-30(40)16-17-35(34)43(38(39)48)22-26-9-7-13-31(18-26)44-37(47)33-14-5-4-11-28(33)21-41-44/h2-14,16-18,20-21,25,32,45,49H,15,19,22-24H2,1H3/b8-6+/t25-,32+,39+/m1/s1. The lowest BCUT2D eigenvalue weighted by Gasteiger charge is -2.36. The number of hydrogen-bond acceptors (Lipinski definition) is 6. The van der Waals surface area contributed by atoms with Gasteiger partial charge in [-0.3, -0.25) is 14.4 Å². The van der Waals surface area contributed by atoms with Crippen molar-refractivity contribution in [1.29, 1.82) is 0 Å². The molecule has 2 aliphatic rings. The molecule has 7 rings (SSSR count). The van der Waals surface area contributed by atoms with Crippen LogP contribution < -0.4 is 10.5 Å². The fourth-order valence-corrected chi connectivity index (χ4v) is 7.35. The number of aromatic nitrogens is 2. The predicted octanol–water partition coefficient (Wildman–Crippen LogP) is 5.41. The molecule has 0 saturated carbocycles. The summed E-state index contributed by atoms with van der Waals surface area (Å²) in [6.45, 7) is 2.21. The second-order valence-corrected chi connectivity index (χ2v) is 13.6. The summed E-state index contributed by atoms with van der Waals surface area (Å²) in [6.07, 6.45) is 5.73. The summed E-state index contributed by atoms with van der Waals surface area (Å²) < 4.78 is 2.06. The minimum Gasteiger partial charge on any atom is -0.394 e. The van der Waals surface area contributed by atoms with Gasteiger partial charge in [-0.2, -0.15) is 9.78 Å². The number of carbonyl (C=O) groups is 2. The van der Waals surface area contributed by atoms with Crippen molar-refractivity contribution < 1.29 is 19.8 Å². The van der Waals surface area contributed by atoms with Crippen molar-refractivity contribution in [1.82, 2.24) is 14.7 Å². The predicted molar refractivity (Wildman–Crippen MR) is 191 cm³/mol. The fraction of sp³-hybridized carbons (Fsp3) is 0.231. The van der Waals surface area contributed by atoms with Crippen molar-refractivity contribution in [3.8, 4) is 5.69 Å². The van der Waals surface area contributed by atoms with Crippen LogP contribution in [0, 0.1) is 5.92 Å². The molecule has 4 aromatic carbocycles. The highest BCUT2D eigenvalue weighted by Gasteiger charge is 2.52. The third kappa shape index (κ3) is 5.90. The van der Waals surface area contributed by atoms with E-state index in [2.05, 4.69) is 21.0 Å². The van der Waals surface area contributed by atoms with Gasteiger partial charge in [0.25, 0.3) is 11.5 Å². The van der Waals surface area contributed by atoms with Gasteiger partial charge >= 0.3 is 0 Å². The van der Waals surface area contributed by atoms with E-state index < -0.39 is 17.4 Å². The van der Waals surface area contributed by atoms with E-state index in [9.17, 15) is 24.6 Å². The van der Waals surface area contributed by atoms with Crippen LogP contribution in [-0.4, -0.2) is 49.4 Å². The lowest BCUT2D eigenvalue weighted by Crippen LogP contribution is -2.46. The van der Waals surface area contributed by atoms with E-state index in [0.29, 0.717) is 35.3 Å². The SMILES string of the molecule is C[C@H](/C=C/CC(=O)N1Cc2ccccc2C[C@H]1CO)[C@@]1(O)C(=O)N(Cc2cccc(-n3ncc4ccccc4c3=O)c2)c2ccc(Br)cc21. The van der Waals surface area contributed by atoms with Crippen LogP contribution in [-0.2, 0) is 34.7 Å². The minimum absolute atomic E-state index is 0.0668. The summed E-state index contributed by atoms with van der Waals surface area (Å²) in [7, 11) is 0. The first kappa shape index (κ1) is 32.6. The van der Waals surface area contributed by atoms with E-state index >= 15 is 0 Å². The number of rotatable bonds is 8. The number of aliphatic hydroxyl groups is 2. The first-order chi connectivity index (χ1) is 23.7. The molecule has 3 heterocycles. The summed E-state index contributed by atoms with van der Waals surface area (Å²) in [5.41, 5.74) is 2.43. The third-order valence-corrected chi connectivity index (χ3v) is 10.2. The first-order valence-corrected chi connectivity index (χ1v) is 17.0. The molecule has 9 nitrogen and oxygen atoms in total. The number of fused-ring (bicyclic) bond motifs is 3. The molecule has 248 valence electrons. The summed E-state index contributed by atoms with van der Waals surface area (Å²) >= 11 is 3.50. The average Bonchev–Trinajstić information content (AvgIpc) is 3.33. The Bertz CT molecular complexity index is 2180. The molecule has 3 atom stereocenters. The van der Waals surface area contributed by atoms with Crippen molar-refractivity contribution >= 4 is 44.2 Å². The maximum atomic E-state index is 14.2. The molecule has 0 spiro atoms. The number of anilines is 1. The molecule has 0 saturated heterocycles. The van der Waals surface area contributed by atoms with Crippen LogP contribution in [0.5, 0.6) is 0 Å². The minimum atomic E-state index is -1.88. The largest absolute Gasteiger partial charge is 0.394 e. The molecule has 49 heavy (non-hydrogen) atoms. The number of benzene rings is 4. The summed E-state index contributed by atoms with van der Waals surface area (Å²) in [4.78, 5) is 44.0. The van der Waals surface area contributed by atoms with Crippen LogP contribution in [0.25, 0.3) is 16.5 Å². The molecule has 10 heteroatoms. The Morgan fingerprint density at radius 2 is 1.80 bits per heavy atom. The highest BCUT2D eigenvalue weighted by Crippen LogP contribution is 2.46. The normalized spacial score (nSPS) is 19.3. The summed E-state index contributed by atoms with van der Waals surface area (Å²) in [5.74, 6) is -1.29. The van der Waals surface area contributed by atoms with Gasteiger partial charge in [-0.25, -0.2) is 0 Å². The van der Waals surface area contributed by atoms with Gasteiger partial charge in [0.1, 0.15) is 0 Å². The average molecular weight is 720 g/mol. The Balaban J connectivity index is 1.12. The molecule has 0 unspecified atom stereocenters. The smallest absolute Gasteiger partial charge is 0.279 e. The maximum absolute atomic E-state index is 14.2. The van der Waals surface area contributed by atoms with Gasteiger partial charge in [-0.1, -0.05) is 89.6 Å². The highest BCUT2D eigenvalue weighted by atomic mass is 79.9. The van der Waals surface area contributed by atoms with Crippen LogP contribution in [0.3, 0.4) is 0 Å². The van der Waals surface area contributed by atoms with Gasteiger partial charge in [0, 0.05) is 34.3 Å². The van der Waals surface area contributed by atoms with E-state index in [0.717, 1.165) is 26.5 Å². The van der Waals surface area contributed by atoms with E-state index in [1.807, 2.05) is 66.7 Å². The third-order valence-electron chi connectivity index (χ3n) is 9.69. The molecule has 0 radical (unpaired) electrons. The number of halogens is 1. The molecule has 2 aliphatic heterocycles. The zero-order chi connectivity index (χ0) is 34.3. The number of carbonyl (C=O) groups excluding carboxylic acids is 2. The van der Waals surface area contributed by atoms with Crippen LogP contribution in [0.2, 0.25) is 0 Å². The van der Waals surface area contributed by atoms with Gasteiger partial charge < -0.3 is 20.0 Å². The molecule has 0 fully saturated rings. The van der Waals surface area contributed by atoms with E-state index in [-0.39, 0.29) is 37.1 Å². The molecule has 2 amide bonds. The second kappa shape index (κ2) is 13.2. The summed E-state index contributed by atoms with van der Waals surface area (Å²) in [6, 6.07) is 27.6. The Morgan fingerprint density at radius 3 is 2.61 bits per heavy atom. The monoisotopic (exact) mass is 718 g/mol. The number of hydrogen-bond donors (Lipinski definition) is 2. The van der Waals surface area contributed by atoms with Gasteiger partial charge in [0.2, 0.25) is 5.91 Å². The molecule has 2 N–H and O–H groups in total. The Kier molecular flexibility index (Phi) is 8.79. The Hall–Kier alpha value is -4.90. The van der Waals surface area contributed by atoms with Crippen molar-refractivity contribution in [3.05, 3.63) is 146 Å². The lowest BCUT2D eigenvalue weighted by atomic mass is 9.83. The van der Waals surface area contributed by atoms with Crippen LogP contribution in [0.1, 0.15) is 35.6 Å². The Labute approximate surface area is 291 Å². The van der Waals surface area contributed by atoms with Gasteiger partial charge in [-0.15, -0.1) is 0 Å². The van der Waals surface area contributed by atoms with Crippen molar-refractivity contribution in [3.63, 3.8) is 0 Å². The molecule has 1 aromatic heterocycles. The number of aliphatic hydroxyl groups excluding tert-OH is 1. The van der Waals surface area contributed by atoms with E-state index in [1.54, 1.807) is 59.3 Å². The van der Waals surface area contributed by atoms with Crippen LogP contribution in [0.15, 0.2) is 119 Å². The summed E-state index contributed by atoms with van der Waals surface area (Å²) in [5, 5.41) is 27.9. The molecule has 0 bridgehead atoms. The quantitative estimate of drug-likeness (QED) is 0.208. The van der Waals surface area contributed by atoms with Crippen molar-refractivity contribution in [2.24, 2.45) is 5.92 Å². The van der Waals surface area contributed by atoms with Gasteiger partial charge in [0.15, 0.2) is 5.60 Å². The lowest BCUT2D eigenvalue weighted by molar-refractivity contribution is -0.139. The molecule has 5 aromatic rings. The molecular formula is C39H35BrN4O5. The second-order valence-electron chi connectivity index (χ2n) is 12.7. The van der Waals surface area contributed by atoms with Crippen LogP contribution >= 0.6 is 15.9 Å². The van der Waals surface area contributed by atoms with Gasteiger partial charge in [0.05, 0.1) is 42.2 Å². The number of nitrogens with zero attached hydrogens (tertiary/aromatic N) is 4. The van der Waals surface area contributed by atoms with Gasteiger partial charge in [-0.05, 0) is 59.5 Å². The van der Waals surface area contributed by atoms with E-state index in [1.165, 1.54) is 4.68 Å². The fourth-order valence-electron chi connectivity index (χ4n) is 6.99. The first-order valence-electron chi connectivity index (χ1n) is 16.2. The van der Waals surface area contributed by atoms with Crippen LogP contribution in [0.4, 0.5) is 5.69 Å². The Morgan fingerprint density at radius 1 is 1.02 bits per heavy atom. The molecular weight excluding hydrogens is 684 g/mol. The maximum Gasteiger partial charge on any atom is 0.279 e. The highest BCUT2D eigenvalue weighted by molar-refractivity contribution is 9.10. The zero-order valence-corrected chi connectivity index (χ0v) is 28.5. The number of amides is 2. The van der Waals surface area contributed by atoms with Crippen molar-refractivity contribution in [2.75, 3.05) is 11.5 Å². The zero-order valence-electron chi connectivity index (χ0n) is 26.9. The molecule has 0 aliphatic carbocycles. The van der Waals surface area contributed by atoms with Crippen molar-refractivity contribution in [2.45, 2.75) is 44.5 Å².